The zero-order valence-electron chi connectivity index (χ0n) is 12.2. The molecule has 0 saturated heterocycles. The summed E-state index contributed by atoms with van der Waals surface area (Å²) < 4.78 is 32.6. The lowest BCUT2D eigenvalue weighted by Gasteiger charge is -2.18. The molecule has 0 radical (unpaired) electrons. The SMILES string of the molecule is CCNC(C)c1ccc(F)cc1OCc1ccccc1F. The van der Waals surface area contributed by atoms with Gasteiger partial charge in [0.1, 0.15) is 24.0 Å². The van der Waals surface area contributed by atoms with E-state index >= 15 is 0 Å². The van der Waals surface area contributed by atoms with Gasteiger partial charge < -0.3 is 10.1 Å². The molecule has 1 N–H and O–H groups in total. The molecule has 21 heavy (non-hydrogen) atoms. The second kappa shape index (κ2) is 7.18. The molecule has 2 nitrogen and oxygen atoms in total. The van der Waals surface area contributed by atoms with Gasteiger partial charge in [0.2, 0.25) is 0 Å². The maximum absolute atomic E-state index is 13.6. The van der Waals surface area contributed by atoms with E-state index in [1.54, 1.807) is 24.3 Å². The van der Waals surface area contributed by atoms with Crippen LogP contribution in [-0.2, 0) is 6.61 Å². The third kappa shape index (κ3) is 4.02. The Morgan fingerprint density at radius 1 is 1.14 bits per heavy atom. The van der Waals surface area contributed by atoms with Gasteiger partial charge in [-0.05, 0) is 25.6 Å². The van der Waals surface area contributed by atoms with Gasteiger partial charge in [-0.1, -0.05) is 31.2 Å². The Hall–Kier alpha value is -1.94. The van der Waals surface area contributed by atoms with E-state index in [0.717, 1.165) is 12.1 Å². The number of hydrogen-bond acceptors (Lipinski definition) is 2. The predicted octanol–water partition coefficient (Wildman–Crippen LogP) is 4.21. The molecular formula is C17H19F2NO. The highest BCUT2D eigenvalue weighted by Gasteiger charge is 2.12. The average molecular weight is 291 g/mol. The number of ether oxygens (including phenoxy) is 1. The zero-order valence-corrected chi connectivity index (χ0v) is 12.2. The van der Waals surface area contributed by atoms with E-state index in [1.165, 1.54) is 18.2 Å². The molecule has 0 aliphatic heterocycles. The van der Waals surface area contributed by atoms with Gasteiger partial charge in [0.05, 0.1) is 0 Å². The van der Waals surface area contributed by atoms with Crippen LogP contribution in [0, 0.1) is 11.6 Å². The Morgan fingerprint density at radius 3 is 2.62 bits per heavy atom. The molecule has 2 aromatic carbocycles. The standard InChI is InChI=1S/C17H19F2NO/c1-3-20-12(2)15-9-8-14(18)10-17(15)21-11-13-6-4-5-7-16(13)19/h4-10,12,20H,3,11H2,1-2H3. The molecule has 1 unspecified atom stereocenters. The highest BCUT2D eigenvalue weighted by atomic mass is 19.1. The molecule has 2 aromatic rings. The summed E-state index contributed by atoms with van der Waals surface area (Å²) in [4.78, 5) is 0. The van der Waals surface area contributed by atoms with Gasteiger partial charge in [0.25, 0.3) is 0 Å². The maximum Gasteiger partial charge on any atom is 0.129 e. The van der Waals surface area contributed by atoms with E-state index in [9.17, 15) is 8.78 Å². The Bertz CT molecular complexity index is 601. The minimum Gasteiger partial charge on any atom is -0.488 e. The molecule has 4 heteroatoms. The molecule has 0 fully saturated rings. The normalized spacial score (nSPS) is 12.2. The summed E-state index contributed by atoms with van der Waals surface area (Å²) in [5.74, 6) is -0.257. The Morgan fingerprint density at radius 2 is 1.90 bits per heavy atom. The summed E-state index contributed by atoms with van der Waals surface area (Å²) in [5, 5.41) is 3.25. The summed E-state index contributed by atoms with van der Waals surface area (Å²) in [6.45, 7) is 4.85. The molecule has 0 aliphatic carbocycles. The monoisotopic (exact) mass is 291 g/mol. The Labute approximate surface area is 123 Å². The summed E-state index contributed by atoms with van der Waals surface area (Å²) in [6.07, 6.45) is 0. The molecular weight excluding hydrogens is 272 g/mol. The quantitative estimate of drug-likeness (QED) is 0.860. The lowest BCUT2D eigenvalue weighted by Crippen LogP contribution is -2.18. The van der Waals surface area contributed by atoms with E-state index in [0.29, 0.717) is 11.3 Å². The molecule has 0 aliphatic rings. The van der Waals surface area contributed by atoms with Crippen molar-refractivity contribution in [1.29, 1.82) is 0 Å². The van der Waals surface area contributed by atoms with Gasteiger partial charge >= 0.3 is 0 Å². The lowest BCUT2D eigenvalue weighted by atomic mass is 10.1. The molecule has 0 spiro atoms. The van der Waals surface area contributed by atoms with Crippen molar-refractivity contribution in [2.24, 2.45) is 0 Å². The van der Waals surface area contributed by atoms with Crippen LogP contribution in [0.25, 0.3) is 0 Å². The van der Waals surface area contributed by atoms with Crippen LogP contribution in [0.1, 0.15) is 31.0 Å². The highest BCUT2D eigenvalue weighted by molar-refractivity contribution is 5.36. The molecule has 1 atom stereocenters. The zero-order chi connectivity index (χ0) is 15.2. The fourth-order valence-corrected chi connectivity index (χ4v) is 2.18. The summed E-state index contributed by atoms with van der Waals surface area (Å²) in [5.41, 5.74) is 1.30. The second-order valence-electron chi connectivity index (χ2n) is 4.84. The first-order valence-electron chi connectivity index (χ1n) is 7.01. The number of nitrogens with one attached hydrogen (secondary N) is 1. The van der Waals surface area contributed by atoms with Crippen LogP contribution in [0.15, 0.2) is 42.5 Å². The first-order valence-corrected chi connectivity index (χ1v) is 7.01. The van der Waals surface area contributed by atoms with E-state index < -0.39 is 0 Å². The second-order valence-corrected chi connectivity index (χ2v) is 4.84. The van der Waals surface area contributed by atoms with E-state index in [2.05, 4.69) is 5.32 Å². The van der Waals surface area contributed by atoms with Gasteiger partial charge in [-0.25, -0.2) is 8.78 Å². The fraction of sp³-hybridized carbons (Fsp3) is 0.294. The van der Waals surface area contributed by atoms with Gasteiger partial charge in [-0.3, -0.25) is 0 Å². The van der Waals surface area contributed by atoms with Crippen molar-refractivity contribution in [3.63, 3.8) is 0 Å². The van der Waals surface area contributed by atoms with Gasteiger partial charge in [0, 0.05) is 23.2 Å². The molecule has 112 valence electrons. The van der Waals surface area contributed by atoms with Crippen molar-refractivity contribution < 1.29 is 13.5 Å². The first kappa shape index (κ1) is 15.4. The molecule has 0 heterocycles. The van der Waals surface area contributed by atoms with Crippen LogP contribution >= 0.6 is 0 Å². The highest BCUT2D eigenvalue weighted by Crippen LogP contribution is 2.27. The van der Waals surface area contributed by atoms with Crippen LogP contribution in [0.4, 0.5) is 8.78 Å². The number of benzene rings is 2. The first-order chi connectivity index (χ1) is 10.1. The van der Waals surface area contributed by atoms with Gasteiger partial charge in [-0.15, -0.1) is 0 Å². The van der Waals surface area contributed by atoms with Crippen LogP contribution in [0.5, 0.6) is 5.75 Å². The van der Waals surface area contributed by atoms with Gasteiger partial charge in [-0.2, -0.15) is 0 Å². The van der Waals surface area contributed by atoms with Gasteiger partial charge in [0.15, 0.2) is 0 Å². The van der Waals surface area contributed by atoms with Crippen LogP contribution < -0.4 is 10.1 Å². The van der Waals surface area contributed by atoms with E-state index in [4.69, 9.17) is 4.74 Å². The fourth-order valence-electron chi connectivity index (χ4n) is 2.18. The third-order valence-corrected chi connectivity index (χ3v) is 3.29. The topological polar surface area (TPSA) is 21.3 Å². The Kier molecular flexibility index (Phi) is 5.28. The molecule has 0 bridgehead atoms. The van der Waals surface area contributed by atoms with Crippen molar-refractivity contribution in [2.45, 2.75) is 26.5 Å². The molecule has 0 aromatic heterocycles. The summed E-state index contributed by atoms with van der Waals surface area (Å²) in [6, 6.07) is 10.9. The molecule has 0 amide bonds. The van der Waals surface area contributed by atoms with Crippen LogP contribution in [0.2, 0.25) is 0 Å². The van der Waals surface area contributed by atoms with Crippen molar-refractivity contribution in [1.82, 2.24) is 5.32 Å². The third-order valence-electron chi connectivity index (χ3n) is 3.29. The number of rotatable bonds is 6. The van der Waals surface area contributed by atoms with Crippen molar-refractivity contribution in [2.75, 3.05) is 6.54 Å². The average Bonchev–Trinajstić information content (AvgIpc) is 2.46. The van der Waals surface area contributed by atoms with Crippen LogP contribution in [-0.4, -0.2) is 6.54 Å². The van der Waals surface area contributed by atoms with Crippen molar-refractivity contribution >= 4 is 0 Å². The van der Waals surface area contributed by atoms with Crippen LogP contribution in [0.3, 0.4) is 0 Å². The van der Waals surface area contributed by atoms with E-state index in [1.807, 2.05) is 13.8 Å². The largest absolute Gasteiger partial charge is 0.488 e. The summed E-state index contributed by atoms with van der Waals surface area (Å²) in [7, 11) is 0. The maximum atomic E-state index is 13.6. The van der Waals surface area contributed by atoms with Crippen molar-refractivity contribution in [3.05, 3.63) is 65.2 Å². The van der Waals surface area contributed by atoms with Crippen molar-refractivity contribution in [3.8, 4) is 5.75 Å². The number of halogens is 2. The lowest BCUT2D eigenvalue weighted by molar-refractivity contribution is 0.292. The number of hydrogen-bond donors (Lipinski definition) is 1. The minimum absolute atomic E-state index is 0.0335. The molecule has 2 rings (SSSR count). The minimum atomic E-state index is -0.369. The van der Waals surface area contributed by atoms with E-state index in [-0.39, 0.29) is 24.3 Å². The Balaban J connectivity index is 2.18. The predicted molar refractivity (Wildman–Crippen MR) is 79.2 cm³/mol. The summed E-state index contributed by atoms with van der Waals surface area (Å²) >= 11 is 0. The molecule has 0 saturated carbocycles. The smallest absolute Gasteiger partial charge is 0.129 e.